The van der Waals surface area contributed by atoms with Crippen LogP contribution in [0.25, 0.3) is 0 Å². The van der Waals surface area contributed by atoms with Crippen molar-refractivity contribution in [2.24, 2.45) is 5.92 Å². The Morgan fingerprint density at radius 1 is 0.368 bits per heavy atom. The van der Waals surface area contributed by atoms with Crippen LogP contribution in [0.1, 0.15) is 176 Å². The molecule has 0 heterocycles. The van der Waals surface area contributed by atoms with Crippen LogP contribution < -0.4 is 9.80 Å². The Kier molecular flexibility index (Phi) is 12.7. The van der Waals surface area contributed by atoms with Crippen LogP contribution in [0.3, 0.4) is 0 Å². The number of nitrogens with zero attached hydrogens (tertiary/aromatic N) is 2. The number of halogens is 1. The quantitative estimate of drug-likeness (QED) is 0.157. The lowest BCUT2D eigenvalue weighted by atomic mass is 9.80. The van der Waals surface area contributed by atoms with Crippen molar-refractivity contribution >= 4 is 44.4 Å². The maximum Gasteiger partial charge on any atom is 0.0656 e. The highest BCUT2D eigenvalue weighted by atomic mass is 79.9. The normalized spacial score (nSPS) is 20.5. The topological polar surface area (TPSA) is 6.48 Å². The molecule has 0 atom stereocenters. The molecule has 0 amide bonds. The third kappa shape index (κ3) is 8.90. The lowest BCUT2D eigenvalue weighted by Gasteiger charge is -2.34. The minimum atomic E-state index is 0.695. The van der Waals surface area contributed by atoms with Gasteiger partial charge in [0.15, 0.2) is 0 Å². The van der Waals surface area contributed by atoms with Gasteiger partial charge < -0.3 is 9.80 Å². The van der Waals surface area contributed by atoms with E-state index in [0.717, 1.165) is 23.2 Å². The Balaban J connectivity index is 1.11. The number of allylic oxidation sites excluding steroid dienone is 4. The maximum absolute atomic E-state index is 4.32. The fourth-order valence-electron chi connectivity index (χ4n) is 11.4. The van der Waals surface area contributed by atoms with Crippen molar-refractivity contribution < 1.29 is 0 Å². The first kappa shape index (κ1) is 38.9. The average molecular weight is 822 g/mol. The summed E-state index contributed by atoms with van der Waals surface area (Å²) < 4.78 is 1.14. The molecular formula is C54H65BrN2. The van der Waals surface area contributed by atoms with E-state index >= 15 is 0 Å². The van der Waals surface area contributed by atoms with E-state index < -0.39 is 0 Å². The SMILES string of the molecule is Brc1c(N(C2=CC=C(C3CCCCC3)CC2)c2ccc(C3CCCCC3)cc2)cccc1N(c1ccc(C2CCCCC2)cc1)c1ccc(C2CCCCC2)cc1. The van der Waals surface area contributed by atoms with Gasteiger partial charge in [-0.3, -0.25) is 0 Å². The molecule has 4 saturated carbocycles. The molecule has 0 radical (unpaired) electrons. The molecule has 0 bridgehead atoms. The first-order chi connectivity index (χ1) is 28.2. The van der Waals surface area contributed by atoms with Crippen LogP contribution in [0.4, 0.5) is 28.4 Å². The van der Waals surface area contributed by atoms with E-state index in [-0.39, 0.29) is 0 Å². The van der Waals surface area contributed by atoms with Crippen LogP contribution in [0.5, 0.6) is 0 Å². The Labute approximate surface area is 353 Å². The van der Waals surface area contributed by atoms with Gasteiger partial charge in [-0.1, -0.05) is 131 Å². The first-order valence-corrected chi connectivity index (χ1v) is 24.1. The van der Waals surface area contributed by atoms with E-state index in [2.05, 4.69) is 129 Å². The van der Waals surface area contributed by atoms with Crippen molar-refractivity contribution in [1.82, 2.24) is 0 Å². The van der Waals surface area contributed by atoms with E-state index in [4.69, 9.17) is 0 Å². The molecule has 0 saturated heterocycles. The summed E-state index contributed by atoms with van der Waals surface area (Å²) in [4.78, 5) is 5.08. The van der Waals surface area contributed by atoms with Crippen LogP contribution in [-0.4, -0.2) is 0 Å². The molecule has 0 N–H and O–H groups in total. The van der Waals surface area contributed by atoms with Crippen molar-refractivity contribution in [1.29, 1.82) is 0 Å². The summed E-state index contributed by atoms with van der Waals surface area (Å²) in [5.74, 6) is 2.87. The smallest absolute Gasteiger partial charge is 0.0656 e. The summed E-state index contributed by atoms with van der Waals surface area (Å²) >= 11 is 4.32. The van der Waals surface area contributed by atoms with Crippen LogP contribution in [0, 0.1) is 5.92 Å². The van der Waals surface area contributed by atoms with Crippen LogP contribution in [0.15, 0.2) is 119 Å². The highest BCUT2D eigenvalue weighted by Gasteiger charge is 2.27. The summed E-state index contributed by atoms with van der Waals surface area (Å²) in [6.07, 6.45) is 34.4. The van der Waals surface area contributed by atoms with Crippen LogP contribution in [-0.2, 0) is 0 Å². The standard InChI is InChI=1S/C54H65BrN2/c55-54-52(56(48-32-24-44(25-33-48)40-14-5-1-6-15-40)49-34-26-45(27-35-49)41-16-7-2-8-17-41)22-13-23-53(54)57(50-36-28-46(29-37-50)42-18-9-3-10-19-42)51-38-30-47(31-39-51)43-20-11-4-12-21-43/h13,22-30,32-38,40-43H,1-12,14-21,31,39H2. The van der Waals surface area contributed by atoms with Gasteiger partial charge in [0, 0.05) is 22.8 Å². The van der Waals surface area contributed by atoms with Gasteiger partial charge >= 0.3 is 0 Å². The van der Waals surface area contributed by atoms with Gasteiger partial charge in [0.25, 0.3) is 0 Å². The summed E-state index contributed by atoms with van der Waals surface area (Å²) in [5, 5.41) is 0. The zero-order valence-electron chi connectivity index (χ0n) is 34.5. The van der Waals surface area contributed by atoms with Gasteiger partial charge in [0.1, 0.15) is 0 Å². The lowest BCUT2D eigenvalue weighted by molar-refractivity contribution is 0.393. The van der Waals surface area contributed by atoms with Crippen molar-refractivity contribution in [3.05, 3.63) is 136 Å². The number of benzene rings is 4. The number of hydrogen-bond donors (Lipinski definition) is 0. The average Bonchev–Trinajstić information content (AvgIpc) is 3.30. The Morgan fingerprint density at radius 2 is 0.737 bits per heavy atom. The Hall–Kier alpha value is -3.56. The Morgan fingerprint density at radius 3 is 1.12 bits per heavy atom. The van der Waals surface area contributed by atoms with Gasteiger partial charge in [-0.15, -0.1) is 0 Å². The fraction of sp³-hybridized carbons (Fsp3) is 0.481. The van der Waals surface area contributed by atoms with E-state index in [9.17, 15) is 0 Å². The van der Waals surface area contributed by atoms with E-state index in [1.807, 2.05) is 0 Å². The van der Waals surface area contributed by atoms with Gasteiger partial charge in [-0.25, -0.2) is 0 Å². The molecule has 4 aromatic carbocycles. The number of hydrogen-bond acceptors (Lipinski definition) is 2. The molecule has 4 aromatic rings. The van der Waals surface area contributed by atoms with Crippen molar-refractivity contribution in [2.45, 2.75) is 159 Å². The molecule has 0 aromatic heterocycles. The van der Waals surface area contributed by atoms with E-state index in [0.29, 0.717) is 17.8 Å². The van der Waals surface area contributed by atoms with E-state index in [1.54, 1.807) is 5.57 Å². The molecule has 0 aliphatic heterocycles. The highest BCUT2D eigenvalue weighted by Crippen LogP contribution is 2.48. The molecule has 0 unspecified atom stereocenters. The molecule has 5 aliphatic rings. The minimum absolute atomic E-state index is 0.695. The molecule has 298 valence electrons. The number of anilines is 5. The number of rotatable bonds is 10. The molecule has 0 spiro atoms. The first-order valence-electron chi connectivity index (χ1n) is 23.3. The van der Waals surface area contributed by atoms with Crippen molar-refractivity contribution in [3.8, 4) is 0 Å². The minimum Gasteiger partial charge on any atom is -0.313 e. The van der Waals surface area contributed by atoms with Crippen molar-refractivity contribution in [3.63, 3.8) is 0 Å². The largest absolute Gasteiger partial charge is 0.313 e. The molecule has 2 nitrogen and oxygen atoms in total. The van der Waals surface area contributed by atoms with Gasteiger partial charge in [0.2, 0.25) is 0 Å². The summed E-state index contributed by atoms with van der Waals surface area (Å²) in [6.45, 7) is 0. The molecule has 57 heavy (non-hydrogen) atoms. The Bertz CT molecular complexity index is 1900. The second kappa shape index (κ2) is 18.6. The second-order valence-corrected chi connectivity index (χ2v) is 19.1. The molecule has 9 rings (SSSR count). The predicted molar refractivity (Wildman–Crippen MR) is 247 cm³/mol. The lowest BCUT2D eigenvalue weighted by Crippen LogP contribution is -2.21. The summed E-state index contributed by atoms with van der Waals surface area (Å²) in [5.41, 5.74) is 13.7. The monoisotopic (exact) mass is 820 g/mol. The third-order valence-corrected chi connectivity index (χ3v) is 15.5. The molecular weight excluding hydrogens is 757 g/mol. The van der Waals surface area contributed by atoms with Crippen molar-refractivity contribution in [2.75, 3.05) is 9.80 Å². The molecule has 5 aliphatic carbocycles. The molecule has 3 heteroatoms. The third-order valence-electron chi connectivity index (χ3n) is 14.7. The maximum atomic E-state index is 4.32. The van der Waals surface area contributed by atoms with Crippen LogP contribution in [0.2, 0.25) is 0 Å². The second-order valence-electron chi connectivity index (χ2n) is 18.3. The van der Waals surface area contributed by atoms with Gasteiger partial charge in [0.05, 0.1) is 15.8 Å². The van der Waals surface area contributed by atoms with E-state index in [1.165, 1.54) is 179 Å². The van der Waals surface area contributed by atoms with Crippen LogP contribution >= 0.6 is 15.9 Å². The summed E-state index contributed by atoms with van der Waals surface area (Å²) in [6, 6.07) is 35.9. The van der Waals surface area contributed by atoms with Gasteiger partial charge in [-0.05, 0) is 175 Å². The summed E-state index contributed by atoms with van der Waals surface area (Å²) in [7, 11) is 0. The fourth-order valence-corrected chi connectivity index (χ4v) is 12.0. The molecule has 4 fully saturated rings. The zero-order chi connectivity index (χ0) is 38.4. The predicted octanol–water partition coefficient (Wildman–Crippen LogP) is 17.4. The van der Waals surface area contributed by atoms with Gasteiger partial charge in [-0.2, -0.15) is 0 Å². The highest BCUT2D eigenvalue weighted by molar-refractivity contribution is 9.10. The zero-order valence-corrected chi connectivity index (χ0v) is 36.0.